The van der Waals surface area contributed by atoms with E-state index < -0.39 is 11.6 Å². The molecule has 0 aliphatic rings. The molecule has 0 saturated carbocycles. The number of carbonyl (C=O) groups is 1. The molecular formula is C9H15ClN2O3S. The molecule has 16 heavy (non-hydrogen) atoms. The van der Waals surface area contributed by atoms with Gasteiger partial charge in [0, 0.05) is 0 Å². The number of hydrogen-bond donors (Lipinski definition) is 2. The van der Waals surface area contributed by atoms with Gasteiger partial charge >= 0.3 is 5.97 Å². The molecule has 92 valence electrons. The Balaban J connectivity index is 0.000000385. The van der Waals surface area contributed by atoms with Crippen molar-refractivity contribution in [1.82, 2.24) is 4.98 Å². The van der Waals surface area contributed by atoms with Gasteiger partial charge in [-0.3, -0.25) is 0 Å². The molecule has 0 saturated heterocycles. The predicted octanol–water partition coefficient (Wildman–Crippen LogP) is 1.94. The van der Waals surface area contributed by atoms with Gasteiger partial charge in [-0.1, -0.05) is 22.9 Å². The number of ether oxygens (including phenoxy) is 1. The van der Waals surface area contributed by atoms with Crippen LogP contribution in [0.5, 0.6) is 0 Å². The molecule has 1 rings (SSSR count). The van der Waals surface area contributed by atoms with Gasteiger partial charge in [0.15, 0.2) is 10.8 Å². The van der Waals surface area contributed by atoms with Crippen LogP contribution in [-0.2, 0) is 4.74 Å². The number of aliphatic hydroxyl groups is 1. The van der Waals surface area contributed by atoms with E-state index in [1.54, 1.807) is 20.8 Å². The Morgan fingerprint density at radius 2 is 2.00 bits per heavy atom. The number of anilines is 1. The third kappa shape index (κ3) is 6.60. The number of esters is 1. The summed E-state index contributed by atoms with van der Waals surface area (Å²) in [5, 5.41) is 8.78. The molecule has 0 bridgehead atoms. The summed E-state index contributed by atoms with van der Waals surface area (Å²) < 4.78 is 4.65. The zero-order valence-corrected chi connectivity index (χ0v) is 11.1. The molecule has 1 aromatic rings. The second-order valence-corrected chi connectivity index (χ2v) is 5.47. The lowest BCUT2D eigenvalue weighted by atomic mass is 10.2. The highest BCUT2D eigenvalue weighted by Crippen LogP contribution is 2.25. The summed E-state index contributed by atoms with van der Waals surface area (Å²) in [7, 11) is 1.26. The topological polar surface area (TPSA) is 85.4 Å². The Hall–Kier alpha value is -0.850. The van der Waals surface area contributed by atoms with Crippen molar-refractivity contribution in [2.75, 3.05) is 12.8 Å². The molecule has 1 heterocycles. The largest absolute Gasteiger partial charge is 0.464 e. The first kappa shape index (κ1) is 15.2. The summed E-state index contributed by atoms with van der Waals surface area (Å²) in [6, 6.07) is 0. The molecule has 0 aliphatic heterocycles. The van der Waals surface area contributed by atoms with Crippen molar-refractivity contribution in [3.8, 4) is 0 Å². The number of carbonyl (C=O) groups excluding carboxylic acids is 1. The standard InChI is InChI=1S/C5H5ClN2O2S.C4H10O/c1-10-4(9)2-3(6)11-5(7)8-2;1-4(2,3)5/h1H3,(H2,7,8);5H,1-3H3. The molecule has 1 aromatic heterocycles. The molecule has 0 aliphatic carbocycles. The Bertz CT molecular complexity index is 354. The lowest BCUT2D eigenvalue weighted by Gasteiger charge is -2.04. The van der Waals surface area contributed by atoms with Crippen molar-refractivity contribution >= 4 is 34.0 Å². The molecule has 0 fully saturated rings. The van der Waals surface area contributed by atoms with Crippen molar-refractivity contribution in [2.45, 2.75) is 26.4 Å². The fourth-order valence-electron chi connectivity index (χ4n) is 0.540. The SMILES string of the molecule is CC(C)(C)O.COC(=O)c1nc(N)sc1Cl. The van der Waals surface area contributed by atoms with Crippen LogP contribution in [0.2, 0.25) is 4.34 Å². The van der Waals surface area contributed by atoms with Crippen molar-refractivity contribution in [3.63, 3.8) is 0 Å². The van der Waals surface area contributed by atoms with E-state index in [4.69, 9.17) is 22.4 Å². The van der Waals surface area contributed by atoms with E-state index in [0.717, 1.165) is 11.3 Å². The Labute approximate surface area is 103 Å². The van der Waals surface area contributed by atoms with Gasteiger partial charge in [-0.2, -0.15) is 0 Å². The fraction of sp³-hybridized carbons (Fsp3) is 0.556. The van der Waals surface area contributed by atoms with Crippen LogP contribution in [0.1, 0.15) is 31.3 Å². The van der Waals surface area contributed by atoms with E-state index in [1.165, 1.54) is 7.11 Å². The molecule has 0 radical (unpaired) electrons. The minimum absolute atomic E-state index is 0.0802. The predicted molar refractivity (Wildman–Crippen MR) is 64.8 cm³/mol. The van der Waals surface area contributed by atoms with Crippen molar-refractivity contribution in [3.05, 3.63) is 10.0 Å². The number of nitrogens with zero attached hydrogens (tertiary/aromatic N) is 1. The molecule has 3 N–H and O–H groups in total. The van der Waals surface area contributed by atoms with Gasteiger partial charge < -0.3 is 15.6 Å². The Morgan fingerprint density at radius 3 is 2.25 bits per heavy atom. The average molecular weight is 267 g/mol. The monoisotopic (exact) mass is 266 g/mol. The van der Waals surface area contributed by atoms with Crippen LogP contribution in [0.15, 0.2) is 0 Å². The van der Waals surface area contributed by atoms with Crippen LogP contribution in [0.4, 0.5) is 5.13 Å². The third-order valence-electron chi connectivity index (χ3n) is 0.981. The van der Waals surface area contributed by atoms with Crippen LogP contribution in [-0.4, -0.2) is 28.8 Å². The second-order valence-electron chi connectivity index (χ2n) is 3.84. The van der Waals surface area contributed by atoms with E-state index in [0.29, 0.717) is 0 Å². The van der Waals surface area contributed by atoms with E-state index in [1.807, 2.05) is 0 Å². The number of nitrogen functional groups attached to an aromatic ring is 1. The number of rotatable bonds is 1. The smallest absolute Gasteiger partial charge is 0.359 e. The highest BCUT2D eigenvalue weighted by atomic mass is 35.5. The zero-order valence-electron chi connectivity index (χ0n) is 9.57. The summed E-state index contributed by atoms with van der Waals surface area (Å²) in [5.41, 5.74) is 4.87. The first-order chi connectivity index (χ1) is 7.15. The van der Waals surface area contributed by atoms with E-state index in [2.05, 4.69) is 9.72 Å². The number of nitrogens with two attached hydrogens (primary N) is 1. The second kappa shape index (κ2) is 6.03. The maximum Gasteiger partial charge on any atom is 0.359 e. The first-order valence-electron chi connectivity index (χ1n) is 4.37. The quantitative estimate of drug-likeness (QED) is 0.759. The lowest BCUT2D eigenvalue weighted by molar-refractivity contribution is 0.0595. The zero-order chi connectivity index (χ0) is 12.9. The maximum atomic E-state index is 10.8. The molecular weight excluding hydrogens is 252 g/mol. The molecule has 7 heteroatoms. The minimum atomic E-state index is -0.567. The van der Waals surface area contributed by atoms with Crippen LogP contribution in [0.3, 0.4) is 0 Å². The Kier molecular flexibility index (Phi) is 5.71. The summed E-state index contributed by atoms with van der Waals surface area (Å²) in [6.07, 6.45) is 0. The number of halogens is 1. The average Bonchev–Trinajstić information content (AvgIpc) is 2.41. The molecule has 0 atom stereocenters. The molecule has 0 aromatic carbocycles. The molecule has 0 amide bonds. The van der Waals surface area contributed by atoms with Crippen LogP contribution in [0.25, 0.3) is 0 Å². The van der Waals surface area contributed by atoms with Gasteiger partial charge in [0.25, 0.3) is 0 Å². The third-order valence-corrected chi connectivity index (χ3v) is 2.06. The van der Waals surface area contributed by atoms with Crippen LogP contribution < -0.4 is 5.73 Å². The summed E-state index contributed by atoms with van der Waals surface area (Å²) in [5.74, 6) is -0.567. The van der Waals surface area contributed by atoms with Crippen LogP contribution >= 0.6 is 22.9 Å². The summed E-state index contributed by atoms with van der Waals surface area (Å²) in [4.78, 5) is 14.5. The van der Waals surface area contributed by atoms with E-state index in [9.17, 15) is 4.79 Å². The van der Waals surface area contributed by atoms with Crippen molar-refractivity contribution < 1.29 is 14.6 Å². The highest BCUT2D eigenvalue weighted by Gasteiger charge is 2.15. The molecule has 5 nitrogen and oxygen atoms in total. The lowest BCUT2D eigenvalue weighted by Crippen LogP contribution is -2.10. The van der Waals surface area contributed by atoms with E-state index >= 15 is 0 Å². The van der Waals surface area contributed by atoms with Crippen molar-refractivity contribution in [2.24, 2.45) is 0 Å². The van der Waals surface area contributed by atoms with Gasteiger partial charge in [0.05, 0.1) is 12.7 Å². The number of methoxy groups -OCH3 is 1. The maximum absolute atomic E-state index is 10.8. The molecule has 0 spiro atoms. The van der Waals surface area contributed by atoms with Gasteiger partial charge in [-0.05, 0) is 20.8 Å². The Morgan fingerprint density at radius 1 is 1.56 bits per heavy atom. The minimum Gasteiger partial charge on any atom is -0.464 e. The van der Waals surface area contributed by atoms with Gasteiger partial charge in [0.1, 0.15) is 4.34 Å². The van der Waals surface area contributed by atoms with Gasteiger partial charge in [0.2, 0.25) is 0 Å². The summed E-state index contributed by atoms with van der Waals surface area (Å²) >= 11 is 6.64. The number of aromatic nitrogens is 1. The molecule has 0 unspecified atom stereocenters. The highest BCUT2D eigenvalue weighted by molar-refractivity contribution is 7.19. The first-order valence-corrected chi connectivity index (χ1v) is 5.57. The van der Waals surface area contributed by atoms with E-state index in [-0.39, 0.29) is 15.2 Å². The number of thiazole rings is 1. The van der Waals surface area contributed by atoms with Gasteiger partial charge in [-0.15, -0.1) is 0 Å². The normalized spacial score (nSPS) is 10.4. The fourth-order valence-corrected chi connectivity index (χ4v) is 1.44. The number of hydrogen-bond acceptors (Lipinski definition) is 6. The van der Waals surface area contributed by atoms with Gasteiger partial charge in [-0.25, -0.2) is 9.78 Å². The van der Waals surface area contributed by atoms with Crippen LogP contribution in [0, 0.1) is 0 Å². The summed E-state index contributed by atoms with van der Waals surface area (Å²) in [6.45, 7) is 5.23. The van der Waals surface area contributed by atoms with Crippen molar-refractivity contribution in [1.29, 1.82) is 0 Å².